The van der Waals surface area contributed by atoms with Crippen LogP contribution in [0.1, 0.15) is 9.67 Å². The summed E-state index contributed by atoms with van der Waals surface area (Å²) in [5.41, 5.74) is 0. The highest BCUT2D eigenvalue weighted by Gasteiger charge is 2.05. The monoisotopic (exact) mass is 231 g/mol. The molecule has 0 fully saturated rings. The molecule has 0 unspecified atom stereocenters. The fraction of sp³-hybridized carbons (Fsp3) is 0.250. The van der Waals surface area contributed by atoms with Crippen molar-refractivity contribution in [3.8, 4) is 0 Å². The molecule has 0 aliphatic carbocycles. The number of hydrogen-bond donors (Lipinski definition) is 0. The van der Waals surface area contributed by atoms with Crippen molar-refractivity contribution in [2.45, 2.75) is 0 Å². The first-order chi connectivity index (χ1) is 6.27. The molecule has 0 atom stereocenters. The Balaban J connectivity index is 2.75. The number of carbonyl (C=O) groups excluding carboxylic acids is 1. The van der Waals surface area contributed by atoms with Gasteiger partial charge in [-0.05, 0) is 24.0 Å². The molecule has 5 heteroatoms. The maximum atomic E-state index is 11.4. The van der Waals surface area contributed by atoms with E-state index in [2.05, 4.69) is 4.99 Å². The summed E-state index contributed by atoms with van der Waals surface area (Å²) in [6, 6.07) is 3.64. The lowest BCUT2D eigenvalue weighted by Gasteiger charge is -1.95. The molecule has 1 rings (SSSR count). The lowest BCUT2D eigenvalue weighted by molar-refractivity contribution is 0.101. The number of rotatable bonds is 1. The second-order valence-electron chi connectivity index (χ2n) is 2.07. The van der Waals surface area contributed by atoms with E-state index in [0.717, 1.165) is 4.38 Å². The highest BCUT2D eigenvalue weighted by atomic mass is 32.2. The van der Waals surface area contributed by atoms with Crippen LogP contribution in [0.3, 0.4) is 0 Å². The summed E-state index contributed by atoms with van der Waals surface area (Å²) in [6.45, 7) is 0. The van der Waals surface area contributed by atoms with Gasteiger partial charge in [0.15, 0.2) is 0 Å². The standard InChI is InChI=1S/C8H9NOS3/c1-11-8(12-2)9-7(10)6-4-3-5-13-6/h3-5H,1-2H3. The quantitative estimate of drug-likeness (QED) is 0.549. The topological polar surface area (TPSA) is 29.4 Å². The van der Waals surface area contributed by atoms with E-state index in [1.54, 1.807) is 6.07 Å². The molecule has 0 aliphatic rings. The van der Waals surface area contributed by atoms with E-state index in [-0.39, 0.29) is 5.91 Å². The van der Waals surface area contributed by atoms with Crippen LogP contribution in [0, 0.1) is 0 Å². The SMILES string of the molecule is CSC(=NC(=O)c1cccs1)SC. The van der Waals surface area contributed by atoms with Gasteiger partial charge in [-0.1, -0.05) is 6.07 Å². The van der Waals surface area contributed by atoms with Crippen LogP contribution in [0.4, 0.5) is 0 Å². The van der Waals surface area contributed by atoms with Crippen molar-refractivity contribution < 1.29 is 4.79 Å². The van der Waals surface area contributed by atoms with Gasteiger partial charge in [-0.2, -0.15) is 4.99 Å². The van der Waals surface area contributed by atoms with Crippen LogP contribution in [0.2, 0.25) is 0 Å². The maximum Gasteiger partial charge on any atom is 0.288 e. The van der Waals surface area contributed by atoms with Crippen LogP contribution >= 0.6 is 34.9 Å². The molecule has 0 aromatic carbocycles. The van der Waals surface area contributed by atoms with E-state index >= 15 is 0 Å². The van der Waals surface area contributed by atoms with Gasteiger partial charge < -0.3 is 0 Å². The minimum atomic E-state index is -0.145. The van der Waals surface area contributed by atoms with E-state index < -0.39 is 0 Å². The van der Waals surface area contributed by atoms with Crippen LogP contribution in [0.25, 0.3) is 0 Å². The summed E-state index contributed by atoms with van der Waals surface area (Å²) >= 11 is 4.40. The molecule has 0 bridgehead atoms. The zero-order chi connectivity index (χ0) is 9.68. The molecule has 1 aromatic heterocycles. The van der Waals surface area contributed by atoms with Gasteiger partial charge in [-0.15, -0.1) is 34.9 Å². The van der Waals surface area contributed by atoms with E-state index in [0.29, 0.717) is 4.88 Å². The smallest absolute Gasteiger partial charge is 0.266 e. The fourth-order valence-corrected chi connectivity index (χ4v) is 2.34. The molecule has 0 saturated carbocycles. The first kappa shape index (κ1) is 10.8. The van der Waals surface area contributed by atoms with Gasteiger partial charge in [0.05, 0.1) is 4.88 Å². The second kappa shape index (κ2) is 5.47. The van der Waals surface area contributed by atoms with Gasteiger partial charge in [-0.25, -0.2) is 0 Å². The Kier molecular flexibility index (Phi) is 4.55. The number of amides is 1. The van der Waals surface area contributed by atoms with Crippen molar-refractivity contribution in [3.63, 3.8) is 0 Å². The molecule has 70 valence electrons. The molecule has 1 aromatic rings. The zero-order valence-electron chi connectivity index (χ0n) is 7.31. The Bertz CT molecular complexity index is 299. The molecule has 0 saturated heterocycles. The van der Waals surface area contributed by atoms with E-state index in [4.69, 9.17) is 0 Å². The highest BCUT2D eigenvalue weighted by molar-refractivity contribution is 8.38. The Morgan fingerprint density at radius 1 is 1.46 bits per heavy atom. The van der Waals surface area contributed by atoms with Crippen molar-refractivity contribution in [1.82, 2.24) is 0 Å². The molecule has 0 aliphatic heterocycles. The predicted octanol–water partition coefficient (Wildman–Crippen LogP) is 2.97. The average molecular weight is 231 g/mol. The maximum absolute atomic E-state index is 11.4. The van der Waals surface area contributed by atoms with Gasteiger partial charge in [0.25, 0.3) is 5.91 Å². The van der Waals surface area contributed by atoms with Crippen molar-refractivity contribution in [1.29, 1.82) is 0 Å². The van der Waals surface area contributed by atoms with Gasteiger partial charge in [0.2, 0.25) is 0 Å². The fourth-order valence-electron chi connectivity index (χ4n) is 0.713. The molecule has 0 N–H and O–H groups in total. The molecule has 0 spiro atoms. The Labute approximate surface area is 89.8 Å². The van der Waals surface area contributed by atoms with Gasteiger partial charge in [0.1, 0.15) is 4.38 Å². The molecule has 13 heavy (non-hydrogen) atoms. The Hall–Kier alpha value is -0.260. The summed E-state index contributed by atoms with van der Waals surface area (Å²) < 4.78 is 0.804. The minimum absolute atomic E-state index is 0.145. The molecule has 1 amide bonds. The van der Waals surface area contributed by atoms with Gasteiger partial charge in [-0.3, -0.25) is 4.79 Å². The summed E-state index contributed by atoms with van der Waals surface area (Å²) in [6.07, 6.45) is 3.83. The lowest BCUT2D eigenvalue weighted by Crippen LogP contribution is -1.94. The summed E-state index contributed by atoms with van der Waals surface area (Å²) in [5.74, 6) is -0.145. The lowest BCUT2D eigenvalue weighted by atomic mass is 10.5. The third kappa shape index (κ3) is 3.17. The number of carbonyl (C=O) groups is 1. The van der Waals surface area contributed by atoms with E-state index in [1.807, 2.05) is 24.0 Å². The van der Waals surface area contributed by atoms with Crippen molar-refractivity contribution in [2.75, 3.05) is 12.5 Å². The first-order valence-electron chi connectivity index (χ1n) is 3.52. The number of thioether (sulfide) groups is 2. The number of hydrogen-bond acceptors (Lipinski definition) is 4. The molecule has 0 radical (unpaired) electrons. The Morgan fingerprint density at radius 2 is 2.15 bits per heavy atom. The molecule has 2 nitrogen and oxygen atoms in total. The van der Waals surface area contributed by atoms with Crippen LogP contribution < -0.4 is 0 Å². The van der Waals surface area contributed by atoms with Gasteiger partial charge in [0, 0.05) is 0 Å². The predicted molar refractivity (Wildman–Crippen MR) is 63.1 cm³/mol. The average Bonchev–Trinajstić information content (AvgIpc) is 2.66. The molecular weight excluding hydrogens is 222 g/mol. The first-order valence-corrected chi connectivity index (χ1v) is 6.85. The Morgan fingerprint density at radius 3 is 2.62 bits per heavy atom. The highest BCUT2D eigenvalue weighted by Crippen LogP contribution is 2.15. The van der Waals surface area contributed by atoms with Crippen molar-refractivity contribution >= 4 is 45.1 Å². The van der Waals surface area contributed by atoms with Crippen molar-refractivity contribution in [2.24, 2.45) is 4.99 Å². The second-order valence-corrected chi connectivity index (χ2v) is 4.86. The van der Waals surface area contributed by atoms with E-state index in [9.17, 15) is 4.79 Å². The third-order valence-electron chi connectivity index (χ3n) is 1.27. The van der Waals surface area contributed by atoms with Gasteiger partial charge >= 0.3 is 0 Å². The normalized spacial score (nSPS) is 9.69. The van der Waals surface area contributed by atoms with Crippen LogP contribution in [0.15, 0.2) is 22.5 Å². The summed E-state index contributed by atoms with van der Waals surface area (Å²) in [5, 5.41) is 1.88. The zero-order valence-corrected chi connectivity index (χ0v) is 9.76. The van der Waals surface area contributed by atoms with E-state index in [1.165, 1.54) is 34.9 Å². The number of thiophene rings is 1. The molecular formula is C8H9NOS3. The third-order valence-corrected chi connectivity index (χ3v) is 4.01. The number of aliphatic imine (C=N–C) groups is 1. The minimum Gasteiger partial charge on any atom is -0.266 e. The van der Waals surface area contributed by atoms with Crippen LogP contribution in [0.5, 0.6) is 0 Å². The number of nitrogens with zero attached hydrogens (tertiary/aromatic N) is 1. The largest absolute Gasteiger partial charge is 0.288 e. The summed E-state index contributed by atoms with van der Waals surface area (Å²) in [4.78, 5) is 16.1. The summed E-state index contributed by atoms with van der Waals surface area (Å²) in [7, 11) is 0. The van der Waals surface area contributed by atoms with Crippen LogP contribution in [-0.4, -0.2) is 22.8 Å². The van der Waals surface area contributed by atoms with Crippen molar-refractivity contribution in [3.05, 3.63) is 22.4 Å². The van der Waals surface area contributed by atoms with Crippen LogP contribution in [-0.2, 0) is 0 Å². The molecule has 1 heterocycles.